The molecule has 0 fully saturated rings. The van der Waals surface area contributed by atoms with Crippen LogP contribution in [-0.4, -0.2) is 44.7 Å². The summed E-state index contributed by atoms with van der Waals surface area (Å²) in [5.74, 6) is 1.44. The van der Waals surface area contributed by atoms with Crippen LogP contribution in [0.4, 0.5) is 5.69 Å². The summed E-state index contributed by atoms with van der Waals surface area (Å²) in [6, 6.07) is 14.4. The number of carbonyl (C=O) groups is 1. The Hall–Kier alpha value is -2.24. The summed E-state index contributed by atoms with van der Waals surface area (Å²) in [7, 11) is 3.48. The van der Waals surface area contributed by atoms with Crippen molar-refractivity contribution in [3.05, 3.63) is 53.6 Å². The fourth-order valence-electron chi connectivity index (χ4n) is 2.05. The van der Waals surface area contributed by atoms with Gasteiger partial charge in [0.1, 0.15) is 18.1 Å². The minimum Gasteiger partial charge on any atom is -0.497 e. The molecule has 0 aliphatic rings. The first-order valence-corrected chi connectivity index (χ1v) is 7.95. The second-order valence-electron chi connectivity index (χ2n) is 5.32. The first-order valence-electron chi connectivity index (χ1n) is 7.57. The van der Waals surface area contributed by atoms with Crippen LogP contribution in [0.25, 0.3) is 0 Å². The van der Waals surface area contributed by atoms with Crippen molar-refractivity contribution in [3.63, 3.8) is 0 Å². The van der Waals surface area contributed by atoms with Gasteiger partial charge in [-0.15, -0.1) is 0 Å². The molecule has 0 aromatic heterocycles. The second-order valence-corrected chi connectivity index (χ2v) is 5.75. The molecular weight excluding hydrogens is 328 g/mol. The van der Waals surface area contributed by atoms with E-state index < -0.39 is 0 Å². The van der Waals surface area contributed by atoms with Gasteiger partial charge >= 0.3 is 0 Å². The molecule has 0 radical (unpaired) electrons. The highest BCUT2D eigenvalue weighted by Crippen LogP contribution is 2.16. The van der Waals surface area contributed by atoms with Crippen molar-refractivity contribution in [1.29, 1.82) is 0 Å². The summed E-state index contributed by atoms with van der Waals surface area (Å²) < 4.78 is 10.7. The van der Waals surface area contributed by atoms with Crippen molar-refractivity contribution in [2.45, 2.75) is 0 Å². The molecule has 6 heteroatoms. The SMILES string of the molecule is COc1ccc(NC(=O)CN(C)CCOc2ccc(Cl)cc2)cc1. The van der Waals surface area contributed by atoms with Gasteiger partial charge in [0.2, 0.25) is 5.91 Å². The van der Waals surface area contributed by atoms with Gasteiger partial charge in [0.25, 0.3) is 0 Å². The quantitative estimate of drug-likeness (QED) is 0.795. The summed E-state index contributed by atoms with van der Waals surface area (Å²) in [4.78, 5) is 13.9. The van der Waals surface area contributed by atoms with Gasteiger partial charge in [-0.25, -0.2) is 0 Å². The summed E-state index contributed by atoms with van der Waals surface area (Å²) in [5, 5.41) is 3.52. The fraction of sp³-hybridized carbons (Fsp3) is 0.278. The van der Waals surface area contributed by atoms with Crippen LogP contribution in [0.1, 0.15) is 0 Å². The molecule has 0 saturated heterocycles. The zero-order valence-corrected chi connectivity index (χ0v) is 14.5. The predicted molar refractivity (Wildman–Crippen MR) is 96.1 cm³/mol. The molecule has 0 heterocycles. The summed E-state index contributed by atoms with van der Waals surface area (Å²) in [5.41, 5.74) is 0.742. The standard InChI is InChI=1S/C18H21ClN2O3/c1-21(11-12-24-17-7-3-14(19)4-8-17)13-18(22)20-15-5-9-16(23-2)10-6-15/h3-10H,11-13H2,1-2H3,(H,20,22). The van der Waals surface area contributed by atoms with Gasteiger partial charge in [-0.2, -0.15) is 0 Å². The van der Waals surface area contributed by atoms with Crippen molar-refractivity contribution in [2.24, 2.45) is 0 Å². The van der Waals surface area contributed by atoms with E-state index in [0.29, 0.717) is 18.2 Å². The topological polar surface area (TPSA) is 50.8 Å². The Bertz CT molecular complexity index is 644. The van der Waals surface area contributed by atoms with Crippen LogP contribution in [0.5, 0.6) is 11.5 Å². The number of hydrogen-bond donors (Lipinski definition) is 1. The summed E-state index contributed by atoms with van der Waals surface area (Å²) in [6.07, 6.45) is 0. The molecular formula is C18H21ClN2O3. The number of halogens is 1. The third kappa shape index (κ3) is 6.10. The highest BCUT2D eigenvalue weighted by Gasteiger charge is 2.07. The van der Waals surface area contributed by atoms with Crippen molar-refractivity contribution in [1.82, 2.24) is 4.90 Å². The molecule has 24 heavy (non-hydrogen) atoms. The summed E-state index contributed by atoms with van der Waals surface area (Å²) in [6.45, 7) is 1.42. The van der Waals surface area contributed by atoms with Gasteiger partial charge in [-0.05, 0) is 55.6 Å². The van der Waals surface area contributed by atoms with Crippen molar-refractivity contribution in [3.8, 4) is 11.5 Å². The number of rotatable bonds is 8. The number of amides is 1. The molecule has 0 aliphatic carbocycles. The number of nitrogens with zero attached hydrogens (tertiary/aromatic N) is 1. The van der Waals surface area contributed by atoms with Gasteiger partial charge in [-0.1, -0.05) is 11.6 Å². The average molecular weight is 349 g/mol. The van der Waals surface area contributed by atoms with Crippen LogP contribution in [0.3, 0.4) is 0 Å². The Morgan fingerprint density at radius 3 is 2.33 bits per heavy atom. The number of methoxy groups -OCH3 is 1. The van der Waals surface area contributed by atoms with E-state index in [2.05, 4.69) is 5.32 Å². The molecule has 1 N–H and O–H groups in total. The number of carbonyl (C=O) groups excluding carboxylic acids is 1. The van der Waals surface area contributed by atoms with Gasteiger partial charge in [0, 0.05) is 17.3 Å². The van der Waals surface area contributed by atoms with E-state index in [1.54, 1.807) is 43.5 Å². The lowest BCUT2D eigenvalue weighted by Gasteiger charge is -2.16. The van der Waals surface area contributed by atoms with E-state index in [9.17, 15) is 4.79 Å². The van der Waals surface area contributed by atoms with E-state index in [1.165, 1.54) is 0 Å². The minimum atomic E-state index is -0.0749. The van der Waals surface area contributed by atoms with E-state index >= 15 is 0 Å². The van der Waals surface area contributed by atoms with Gasteiger partial charge < -0.3 is 14.8 Å². The lowest BCUT2D eigenvalue weighted by molar-refractivity contribution is -0.117. The van der Waals surface area contributed by atoms with Gasteiger partial charge in [0.05, 0.1) is 13.7 Å². The zero-order valence-electron chi connectivity index (χ0n) is 13.8. The number of hydrogen-bond acceptors (Lipinski definition) is 4. The smallest absolute Gasteiger partial charge is 0.238 e. The molecule has 0 bridgehead atoms. The number of nitrogens with one attached hydrogen (secondary N) is 1. The maximum Gasteiger partial charge on any atom is 0.238 e. The van der Waals surface area contributed by atoms with Crippen LogP contribution >= 0.6 is 11.6 Å². The van der Waals surface area contributed by atoms with E-state index in [1.807, 2.05) is 24.1 Å². The van der Waals surface area contributed by atoms with Crippen LogP contribution in [0, 0.1) is 0 Å². The van der Waals surface area contributed by atoms with Crippen molar-refractivity contribution < 1.29 is 14.3 Å². The number of benzene rings is 2. The third-order valence-electron chi connectivity index (χ3n) is 3.34. The van der Waals surface area contributed by atoms with E-state index in [4.69, 9.17) is 21.1 Å². The molecule has 1 amide bonds. The minimum absolute atomic E-state index is 0.0749. The third-order valence-corrected chi connectivity index (χ3v) is 3.59. The van der Waals surface area contributed by atoms with E-state index in [0.717, 1.165) is 17.2 Å². The van der Waals surface area contributed by atoms with Crippen LogP contribution in [-0.2, 0) is 4.79 Å². The van der Waals surface area contributed by atoms with Crippen molar-refractivity contribution in [2.75, 3.05) is 39.2 Å². The van der Waals surface area contributed by atoms with Crippen LogP contribution < -0.4 is 14.8 Å². The Labute approximate surface area is 147 Å². The Morgan fingerprint density at radius 1 is 1.08 bits per heavy atom. The molecule has 0 aliphatic heterocycles. The predicted octanol–water partition coefficient (Wildman–Crippen LogP) is 3.30. The van der Waals surface area contributed by atoms with Crippen molar-refractivity contribution >= 4 is 23.2 Å². The maximum absolute atomic E-state index is 12.0. The molecule has 2 aromatic rings. The first-order chi connectivity index (χ1) is 11.6. The number of ether oxygens (including phenoxy) is 2. The first kappa shape index (κ1) is 18.1. The van der Waals surface area contributed by atoms with Gasteiger partial charge in [0.15, 0.2) is 0 Å². The maximum atomic E-state index is 12.0. The second kappa shape index (κ2) is 9.15. The Kier molecular flexibility index (Phi) is 6.90. The lowest BCUT2D eigenvalue weighted by Crippen LogP contribution is -2.33. The summed E-state index contributed by atoms with van der Waals surface area (Å²) >= 11 is 5.82. The number of likely N-dealkylation sites (N-methyl/N-ethyl adjacent to an activating group) is 1. The highest BCUT2D eigenvalue weighted by atomic mass is 35.5. The number of anilines is 1. The van der Waals surface area contributed by atoms with Gasteiger partial charge in [-0.3, -0.25) is 9.69 Å². The molecule has 2 aromatic carbocycles. The normalized spacial score (nSPS) is 10.5. The fourth-order valence-corrected chi connectivity index (χ4v) is 2.18. The van der Waals surface area contributed by atoms with Crippen LogP contribution in [0.2, 0.25) is 5.02 Å². The zero-order chi connectivity index (χ0) is 17.4. The lowest BCUT2D eigenvalue weighted by atomic mass is 10.3. The van der Waals surface area contributed by atoms with E-state index in [-0.39, 0.29) is 12.5 Å². The Balaban J connectivity index is 1.69. The molecule has 0 saturated carbocycles. The highest BCUT2D eigenvalue weighted by molar-refractivity contribution is 6.30. The molecule has 0 spiro atoms. The molecule has 5 nitrogen and oxygen atoms in total. The van der Waals surface area contributed by atoms with Crippen LogP contribution in [0.15, 0.2) is 48.5 Å². The monoisotopic (exact) mass is 348 g/mol. The Morgan fingerprint density at radius 2 is 1.71 bits per heavy atom. The molecule has 0 unspecified atom stereocenters. The molecule has 0 atom stereocenters. The average Bonchev–Trinajstić information content (AvgIpc) is 2.57. The molecule has 128 valence electrons. The molecule has 2 rings (SSSR count). The largest absolute Gasteiger partial charge is 0.497 e.